The first kappa shape index (κ1) is 17.2. The van der Waals surface area contributed by atoms with Gasteiger partial charge in [0, 0.05) is 11.8 Å². The second-order valence-corrected chi connectivity index (χ2v) is 6.57. The Kier molecular flexibility index (Phi) is 5.39. The summed E-state index contributed by atoms with van der Waals surface area (Å²) in [5.74, 6) is 1.84. The lowest BCUT2D eigenvalue weighted by Crippen LogP contribution is -1.99. The Balaban J connectivity index is 1.30. The number of aryl methyl sites for hydroxylation is 2. The molecule has 4 rings (SSSR count). The van der Waals surface area contributed by atoms with Gasteiger partial charge in [-0.3, -0.25) is 5.10 Å². The average molecular weight is 358 g/mol. The number of ether oxygens (including phenoxy) is 1. The molecule has 0 saturated carbocycles. The SMILES string of the molecule is c1cc(CCCCc2ncn[nH]2)cc(OCc2ccc3ccccc3n2)c1. The van der Waals surface area contributed by atoms with Crippen LogP contribution in [-0.4, -0.2) is 20.2 Å². The predicted molar refractivity (Wildman–Crippen MR) is 106 cm³/mol. The van der Waals surface area contributed by atoms with Gasteiger partial charge in [-0.2, -0.15) is 5.10 Å². The number of hydrogen-bond acceptors (Lipinski definition) is 4. The minimum absolute atomic E-state index is 0.472. The molecule has 136 valence electrons. The van der Waals surface area contributed by atoms with Crippen molar-refractivity contribution < 1.29 is 4.74 Å². The van der Waals surface area contributed by atoms with E-state index in [1.54, 1.807) is 6.33 Å². The molecule has 0 radical (unpaired) electrons. The van der Waals surface area contributed by atoms with Crippen molar-refractivity contribution in [3.63, 3.8) is 0 Å². The standard InChI is InChI=1S/C22H22N4O/c1(4-11-22-23-16-24-26-22)6-17-7-5-9-20(14-17)27-15-19-13-12-18-8-2-3-10-21(18)25-19/h2-3,5,7-10,12-14,16H,1,4,6,11,15H2,(H,23,24,26). The smallest absolute Gasteiger partial charge is 0.137 e. The summed E-state index contributed by atoms with van der Waals surface area (Å²) in [7, 11) is 0. The lowest BCUT2D eigenvalue weighted by atomic mass is 10.1. The fraction of sp³-hybridized carbons (Fsp3) is 0.227. The van der Waals surface area contributed by atoms with Gasteiger partial charge in [0.2, 0.25) is 0 Å². The highest BCUT2D eigenvalue weighted by molar-refractivity contribution is 5.78. The lowest BCUT2D eigenvalue weighted by molar-refractivity contribution is 0.301. The number of hydrogen-bond donors (Lipinski definition) is 1. The minimum Gasteiger partial charge on any atom is -0.487 e. The second kappa shape index (κ2) is 8.45. The molecule has 0 atom stereocenters. The molecule has 0 amide bonds. The van der Waals surface area contributed by atoms with Crippen molar-refractivity contribution in [2.45, 2.75) is 32.3 Å². The monoisotopic (exact) mass is 358 g/mol. The largest absolute Gasteiger partial charge is 0.487 e. The van der Waals surface area contributed by atoms with Gasteiger partial charge in [-0.15, -0.1) is 0 Å². The van der Waals surface area contributed by atoms with Crippen molar-refractivity contribution in [3.8, 4) is 5.75 Å². The molecule has 2 heterocycles. The Bertz CT molecular complexity index is 998. The number of unbranched alkanes of at least 4 members (excludes halogenated alkanes) is 1. The molecule has 5 heteroatoms. The van der Waals surface area contributed by atoms with Crippen LogP contribution >= 0.6 is 0 Å². The lowest BCUT2D eigenvalue weighted by Gasteiger charge is -2.08. The summed E-state index contributed by atoms with van der Waals surface area (Å²) in [6.07, 6.45) is 5.71. The van der Waals surface area contributed by atoms with Crippen LogP contribution in [0.5, 0.6) is 5.75 Å². The first-order valence-electron chi connectivity index (χ1n) is 9.27. The normalized spacial score (nSPS) is 11.0. The van der Waals surface area contributed by atoms with Crippen LogP contribution in [-0.2, 0) is 19.4 Å². The molecule has 0 aliphatic carbocycles. The highest BCUT2D eigenvalue weighted by atomic mass is 16.5. The Morgan fingerprint density at radius 2 is 1.81 bits per heavy atom. The minimum atomic E-state index is 0.472. The maximum absolute atomic E-state index is 5.96. The zero-order chi connectivity index (χ0) is 18.3. The quantitative estimate of drug-likeness (QED) is 0.471. The molecular weight excluding hydrogens is 336 g/mol. The summed E-state index contributed by atoms with van der Waals surface area (Å²) in [5, 5.41) is 7.92. The third kappa shape index (κ3) is 4.70. The summed E-state index contributed by atoms with van der Waals surface area (Å²) < 4.78 is 5.96. The summed E-state index contributed by atoms with van der Waals surface area (Å²) in [6.45, 7) is 0.472. The first-order valence-corrected chi connectivity index (χ1v) is 9.27. The number of pyridine rings is 1. The van der Waals surface area contributed by atoms with E-state index in [0.717, 1.165) is 53.9 Å². The summed E-state index contributed by atoms with van der Waals surface area (Å²) in [4.78, 5) is 8.81. The zero-order valence-corrected chi connectivity index (χ0v) is 15.1. The van der Waals surface area contributed by atoms with E-state index < -0.39 is 0 Å². The van der Waals surface area contributed by atoms with Crippen LogP contribution < -0.4 is 4.74 Å². The molecule has 0 bridgehead atoms. The number of benzene rings is 2. The van der Waals surface area contributed by atoms with Crippen molar-refractivity contribution in [1.29, 1.82) is 0 Å². The maximum Gasteiger partial charge on any atom is 0.137 e. The Labute approximate surface area is 158 Å². The molecule has 0 aliphatic rings. The Hall–Kier alpha value is -3.21. The molecule has 0 saturated heterocycles. The highest BCUT2D eigenvalue weighted by Crippen LogP contribution is 2.18. The number of aromatic nitrogens is 4. The maximum atomic E-state index is 5.96. The Morgan fingerprint density at radius 1 is 0.889 bits per heavy atom. The van der Waals surface area contributed by atoms with Gasteiger partial charge < -0.3 is 4.74 Å². The number of para-hydroxylation sites is 1. The Morgan fingerprint density at radius 3 is 2.74 bits per heavy atom. The van der Waals surface area contributed by atoms with Gasteiger partial charge in [-0.25, -0.2) is 9.97 Å². The molecule has 2 aromatic carbocycles. The van der Waals surface area contributed by atoms with Gasteiger partial charge >= 0.3 is 0 Å². The van der Waals surface area contributed by atoms with Crippen LogP contribution in [0.15, 0.2) is 67.0 Å². The van der Waals surface area contributed by atoms with Crippen molar-refractivity contribution in [1.82, 2.24) is 20.2 Å². The van der Waals surface area contributed by atoms with E-state index in [1.807, 2.05) is 30.3 Å². The van der Waals surface area contributed by atoms with E-state index in [1.165, 1.54) is 5.56 Å². The van der Waals surface area contributed by atoms with Gasteiger partial charge in [0.05, 0.1) is 11.2 Å². The molecule has 1 N–H and O–H groups in total. The number of rotatable bonds is 8. The third-order valence-corrected chi connectivity index (χ3v) is 4.54. The van der Waals surface area contributed by atoms with Crippen LogP contribution in [0.2, 0.25) is 0 Å². The van der Waals surface area contributed by atoms with Crippen LogP contribution in [0.25, 0.3) is 10.9 Å². The van der Waals surface area contributed by atoms with Gasteiger partial charge in [0.1, 0.15) is 24.5 Å². The second-order valence-electron chi connectivity index (χ2n) is 6.57. The molecule has 2 aromatic heterocycles. The van der Waals surface area contributed by atoms with E-state index in [2.05, 4.69) is 50.5 Å². The zero-order valence-electron chi connectivity index (χ0n) is 15.1. The number of H-pyrrole nitrogens is 1. The van der Waals surface area contributed by atoms with Gasteiger partial charge in [0.25, 0.3) is 0 Å². The summed E-state index contributed by atoms with van der Waals surface area (Å²) in [6, 6.07) is 20.6. The molecule has 0 fully saturated rings. The van der Waals surface area contributed by atoms with E-state index in [9.17, 15) is 0 Å². The van der Waals surface area contributed by atoms with Crippen LogP contribution in [0, 0.1) is 0 Å². The predicted octanol–water partition coefficient (Wildman–Crippen LogP) is 4.50. The summed E-state index contributed by atoms with van der Waals surface area (Å²) >= 11 is 0. The van der Waals surface area contributed by atoms with Crippen molar-refractivity contribution in [2.75, 3.05) is 0 Å². The molecule has 0 unspecified atom stereocenters. The van der Waals surface area contributed by atoms with E-state index in [4.69, 9.17) is 4.74 Å². The highest BCUT2D eigenvalue weighted by Gasteiger charge is 2.02. The number of fused-ring (bicyclic) bond motifs is 1. The molecule has 0 spiro atoms. The van der Waals surface area contributed by atoms with Crippen molar-refractivity contribution >= 4 is 10.9 Å². The average Bonchev–Trinajstić information content (AvgIpc) is 3.23. The van der Waals surface area contributed by atoms with E-state index >= 15 is 0 Å². The topological polar surface area (TPSA) is 63.7 Å². The molecule has 0 aliphatic heterocycles. The molecule has 5 nitrogen and oxygen atoms in total. The van der Waals surface area contributed by atoms with Crippen molar-refractivity contribution in [3.05, 3.63) is 84.1 Å². The molecule has 4 aromatic rings. The molecule has 27 heavy (non-hydrogen) atoms. The number of nitrogens with one attached hydrogen (secondary N) is 1. The number of aromatic amines is 1. The fourth-order valence-electron chi connectivity index (χ4n) is 3.11. The van der Waals surface area contributed by atoms with Crippen LogP contribution in [0.3, 0.4) is 0 Å². The van der Waals surface area contributed by atoms with Gasteiger partial charge in [-0.05, 0) is 49.1 Å². The first-order chi connectivity index (χ1) is 13.4. The van der Waals surface area contributed by atoms with E-state index in [-0.39, 0.29) is 0 Å². The van der Waals surface area contributed by atoms with E-state index in [0.29, 0.717) is 6.61 Å². The fourth-order valence-corrected chi connectivity index (χ4v) is 3.11. The third-order valence-electron chi connectivity index (χ3n) is 4.54. The van der Waals surface area contributed by atoms with Crippen LogP contribution in [0.4, 0.5) is 0 Å². The van der Waals surface area contributed by atoms with Crippen LogP contribution in [0.1, 0.15) is 29.9 Å². The number of nitrogens with zero attached hydrogens (tertiary/aromatic N) is 3. The van der Waals surface area contributed by atoms with Gasteiger partial charge in [0.15, 0.2) is 0 Å². The van der Waals surface area contributed by atoms with Gasteiger partial charge in [-0.1, -0.05) is 36.4 Å². The molecular formula is C22H22N4O. The summed E-state index contributed by atoms with van der Waals surface area (Å²) in [5.41, 5.74) is 3.22. The van der Waals surface area contributed by atoms with Crippen molar-refractivity contribution in [2.24, 2.45) is 0 Å².